The third-order valence-electron chi connectivity index (χ3n) is 3.54. The SMILES string of the molecule is O=C(Nc1ccc(CCO)c(C(F)(F)F)c1)OCC1C=CC=CC1. The van der Waals surface area contributed by atoms with Gasteiger partial charge >= 0.3 is 12.3 Å². The number of ether oxygens (including phenoxy) is 1. The summed E-state index contributed by atoms with van der Waals surface area (Å²) in [6.45, 7) is -0.233. The molecule has 1 aliphatic carbocycles. The molecule has 4 nitrogen and oxygen atoms in total. The number of carbonyl (C=O) groups is 1. The number of aliphatic hydroxyl groups is 1. The van der Waals surface area contributed by atoms with Crippen molar-refractivity contribution in [3.05, 3.63) is 53.6 Å². The normalized spacial score (nSPS) is 16.9. The van der Waals surface area contributed by atoms with Crippen LogP contribution in [0.15, 0.2) is 42.5 Å². The lowest BCUT2D eigenvalue weighted by molar-refractivity contribution is -0.138. The number of nitrogens with one attached hydrogen (secondary N) is 1. The Kier molecular flexibility index (Phi) is 6.03. The van der Waals surface area contributed by atoms with Crippen molar-refractivity contribution >= 4 is 11.8 Å². The van der Waals surface area contributed by atoms with Crippen molar-refractivity contribution in [2.75, 3.05) is 18.5 Å². The zero-order valence-electron chi connectivity index (χ0n) is 12.8. The fourth-order valence-corrected chi connectivity index (χ4v) is 2.35. The van der Waals surface area contributed by atoms with Gasteiger partial charge in [0.1, 0.15) is 0 Å². The molecule has 0 spiro atoms. The highest BCUT2D eigenvalue weighted by Gasteiger charge is 2.33. The molecule has 7 heteroatoms. The van der Waals surface area contributed by atoms with E-state index in [9.17, 15) is 18.0 Å². The highest BCUT2D eigenvalue weighted by Crippen LogP contribution is 2.34. The molecule has 1 amide bonds. The van der Waals surface area contributed by atoms with E-state index in [-0.39, 0.29) is 36.8 Å². The van der Waals surface area contributed by atoms with Crippen molar-refractivity contribution < 1.29 is 27.8 Å². The summed E-state index contributed by atoms with van der Waals surface area (Å²) in [4.78, 5) is 11.7. The summed E-state index contributed by atoms with van der Waals surface area (Å²) in [7, 11) is 0. The number of hydrogen-bond donors (Lipinski definition) is 2. The van der Waals surface area contributed by atoms with Crippen molar-refractivity contribution in [2.24, 2.45) is 5.92 Å². The molecule has 1 aliphatic rings. The van der Waals surface area contributed by atoms with Crippen LogP contribution in [0.4, 0.5) is 23.7 Å². The maximum Gasteiger partial charge on any atom is 0.416 e. The Balaban J connectivity index is 1.99. The van der Waals surface area contributed by atoms with Crippen LogP contribution < -0.4 is 5.32 Å². The van der Waals surface area contributed by atoms with E-state index in [1.54, 1.807) is 0 Å². The van der Waals surface area contributed by atoms with Crippen LogP contribution in [0.3, 0.4) is 0 Å². The van der Waals surface area contributed by atoms with Crippen molar-refractivity contribution in [1.29, 1.82) is 0 Å². The van der Waals surface area contributed by atoms with E-state index < -0.39 is 17.8 Å². The molecule has 1 aromatic carbocycles. The number of benzene rings is 1. The van der Waals surface area contributed by atoms with Crippen LogP contribution in [0.5, 0.6) is 0 Å². The minimum absolute atomic E-state index is 0.00639. The summed E-state index contributed by atoms with van der Waals surface area (Å²) in [5.74, 6) is 0.0680. The molecule has 0 radical (unpaired) electrons. The first-order valence-corrected chi connectivity index (χ1v) is 7.48. The van der Waals surface area contributed by atoms with Gasteiger partial charge in [0, 0.05) is 18.2 Å². The first kappa shape index (κ1) is 18.1. The topological polar surface area (TPSA) is 58.6 Å². The number of halogens is 3. The Morgan fingerprint density at radius 1 is 1.33 bits per heavy atom. The quantitative estimate of drug-likeness (QED) is 0.853. The van der Waals surface area contributed by atoms with Crippen LogP contribution in [0, 0.1) is 5.92 Å². The van der Waals surface area contributed by atoms with Gasteiger partial charge in [0.05, 0.1) is 12.2 Å². The standard InChI is InChI=1S/C17H18F3NO3/c18-17(19,20)15-10-14(7-6-13(15)8-9-22)21-16(23)24-11-12-4-2-1-3-5-12/h1-4,6-7,10,12,22H,5,8-9,11H2,(H,21,23). The Morgan fingerprint density at radius 2 is 2.12 bits per heavy atom. The molecule has 0 heterocycles. The van der Waals surface area contributed by atoms with E-state index >= 15 is 0 Å². The molecule has 2 rings (SSSR count). The van der Waals surface area contributed by atoms with Gasteiger partial charge in [0.15, 0.2) is 0 Å². The molecule has 0 bridgehead atoms. The van der Waals surface area contributed by atoms with Gasteiger partial charge < -0.3 is 9.84 Å². The van der Waals surface area contributed by atoms with Crippen molar-refractivity contribution in [1.82, 2.24) is 0 Å². The molecule has 130 valence electrons. The molecule has 24 heavy (non-hydrogen) atoms. The molecule has 1 aromatic rings. The van der Waals surface area contributed by atoms with E-state index in [2.05, 4.69) is 5.32 Å². The van der Waals surface area contributed by atoms with E-state index in [0.717, 1.165) is 12.5 Å². The van der Waals surface area contributed by atoms with Crippen molar-refractivity contribution in [3.63, 3.8) is 0 Å². The van der Waals surface area contributed by atoms with E-state index in [0.29, 0.717) is 0 Å². The van der Waals surface area contributed by atoms with Gasteiger partial charge in [-0.15, -0.1) is 0 Å². The largest absolute Gasteiger partial charge is 0.449 e. The van der Waals surface area contributed by atoms with Gasteiger partial charge in [-0.05, 0) is 30.5 Å². The molecule has 0 fully saturated rings. The average Bonchev–Trinajstić information content (AvgIpc) is 2.54. The minimum atomic E-state index is -4.56. The summed E-state index contributed by atoms with van der Waals surface area (Å²) in [6, 6.07) is 3.43. The van der Waals surface area contributed by atoms with Crippen LogP contribution >= 0.6 is 0 Å². The highest BCUT2D eigenvalue weighted by molar-refractivity contribution is 5.84. The zero-order valence-corrected chi connectivity index (χ0v) is 12.8. The van der Waals surface area contributed by atoms with Crippen LogP contribution in [-0.4, -0.2) is 24.4 Å². The predicted octanol–water partition coefficient (Wildman–Crippen LogP) is 3.92. The second kappa shape index (κ2) is 8.01. The first-order valence-electron chi connectivity index (χ1n) is 7.48. The number of hydrogen-bond acceptors (Lipinski definition) is 3. The fraction of sp³-hybridized carbons (Fsp3) is 0.353. The second-order valence-corrected chi connectivity index (χ2v) is 5.38. The fourth-order valence-electron chi connectivity index (χ4n) is 2.35. The smallest absolute Gasteiger partial charge is 0.416 e. The van der Waals surface area contributed by atoms with Gasteiger partial charge in [-0.3, -0.25) is 5.32 Å². The van der Waals surface area contributed by atoms with Gasteiger partial charge in [-0.1, -0.05) is 30.4 Å². The van der Waals surface area contributed by atoms with Crippen LogP contribution in [-0.2, 0) is 17.3 Å². The molecule has 0 aliphatic heterocycles. The van der Waals surface area contributed by atoms with Crippen LogP contribution in [0.2, 0.25) is 0 Å². The molecule has 0 saturated heterocycles. The summed E-state index contributed by atoms with van der Waals surface area (Å²) in [5, 5.41) is 11.1. The third-order valence-corrected chi connectivity index (χ3v) is 3.54. The monoisotopic (exact) mass is 341 g/mol. The number of allylic oxidation sites excluding steroid dienone is 3. The van der Waals surface area contributed by atoms with E-state index in [1.165, 1.54) is 12.1 Å². The number of aliphatic hydroxyl groups excluding tert-OH is 1. The predicted molar refractivity (Wildman–Crippen MR) is 83.6 cm³/mol. The highest BCUT2D eigenvalue weighted by atomic mass is 19.4. The molecule has 1 unspecified atom stereocenters. The second-order valence-electron chi connectivity index (χ2n) is 5.38. The lowest BCUT2D eigenvalue weighted by Crippen LogP contribution is -2.19. The number of alkyl halides is 3. The Labute approximate surface area is 137 Å². The van der Waals surface area contributed by atoms with Gasteiger partial charge in [0.2, 0.25) is 0 Å². The summed E-state index contributed by atoms with van der Waals surface area (Å²) < 4.78 is 44.2. The van der Waals surface area contributed by atoms with Crippen LogP contribution in [0.25, 0.3) is 0 Å². The van der Waals surface area contributed by atoms with Crippen LogP contribution in [0.1, 0.15) is 17.5 Å². The van der Waals surface area contributed by atoms with Crippen molar-refractivity contribution in [2.45, 2.75) is 19.0 Å². The van der Waals surface area contributed by atoms with E-state index in [1.807, 2.05) is 24.3 Å². The molecular formula is C17H18F3NO3. The third kappa shape index (κ3) is 5.13. The molecule has 0 saturated carbocycles. The lowest BCUT2D eigenvalue weighted by Gasteiger charge is -2.16. The van der Waals surface area contributed by atoms with Gasteiger partial charge in [-0.25, -0.2) is 4.79 Å². The number of carbonyl (C=O) groups excluding carboxylic acids is 1. The average molecular weight is 341 g/mol. The van der Waals surface area contributed by atoms with Gasteiger partial charge in [0.25, 0.3) is 0 Å². The first-order chi connectivity index (χ1) is 11.4. The molecule has 2 N–H and O–H groups in total. The maximum atomic E-state index is 13.0. The van der Waals surface area contributed by atoms with Gasteiger partial charge in [-0.2, -0.15) is 13.2 Å². The maximum absolute atomic E-state index is 13.0. The molecule has 0 aromatic heterocycles. The summed E-state index contributed by atoms with van der Waals surface area (Å²) in [6.07, 6.45) is 2.86. The summed E-state index contributed by atoms with van der Waals surface area (Å²) >= 11 is 0. The number of rotatable bonds is 5. The van der Waals surface area contributed by atoms with Crippen molar-refractivity contribution in [3.8, 4) is 0 Å². The Hall–Kier alpha value is -2.28. The Bertz CT molecular complexity index is 638. The number of amides is 1. The minimum Gasteiger partial charge on any atom is -0.449 e. The zero-order chi connectivity index (χ0) is 17.6. The molecule has 1 atom stereocenters. The van der Waals surface area contributed by atoms with E-state index in [4.69, 9.17) is 9.84 Å². The number of anilines is 1. The Morgan fingerprint density at radius 3 is 2.75 bits per heavy atom. The lowest BCUT2D eigenvalue weighted by atomic mass is 10.0. The molecular weight excluding hydrogens is 323 g/mol. The summed E-state index contributed by atoms with van der Waals surface area (Å²) in [5.41, 5.74) is -0.911.